The van der Waals surface area contributed by atoms with Crippen molar-refractivity contribution in [3.8, 4) is 0 Å². The SMILES string of the molecule is O=C(NC1CCCC1)C(Cc1ccccc1)N(Cc1cccc(Br)c1)C(=O)CN(c1cccc(Br)c1)S(=O)(=O)c1ccccc1. The highest BCUT2D eigenvalue weighted by Gasteiger charge is 2.35. The second kappa shape index (κ2) is 15.2. The molecule has 0 aromatic heterocycles. The molecule has 1 aliphatic carbocycles. The Morgan fingerprint density at radius 3 is 2.02 bits per heavy atom. The van der Waals surface area contributed by atoms with Gasteiger partial charge in [-0.1, -0.05) is 111 Å². The smallest absolute Gasteiger partial charge is 0.264 e. The third-order valence-corrected chi connectivity index (χ3v) is 10.7. The van der Waals surface area contributed by atoms with Gasteiger partial charge in [-0.2, -0.15) is 0 Å². The zero-order valence-electron chi connectivity index (χ0n) is 24.7. The molecule has 2 amide bonds. The van der Waals surface area contributed by atoms with Gasteiger partial charge in [0.25, 0.3) is 10.0 Å². The Bertz CT molecular complexity index is 1720. The predicted octanol–water partition coefficient (Wildman–Crippen LogP) is 7.11. The van der Waals surface area contributed by atoms with Crippen molar-refractivity contribution in [2.75, 3.05) is 10.8 Å². The zero-order chi connectivity index (χ0) is 31.8. The first-order valence-electron chi connectivity index (χ1n) is 14.9. The van der Waals surface area contributed by atoms with Crippen molar-refractivity contribution < 1.29 is 18.0 Å². The van der Waals surface area contributed by atoms with Crippen LogP contribution in [-0.2, 0) is 32.6 Å². The third kappa shape index (κ3) is 8.62. The van der Waals surface area contributed by atoms with E-state index in [0.29, 0.717) is 10.2 Å². The summed E-state index contributed by atoms with van der Waals surface area (Å²) in [7, 11) is -4.15. The number of sulfonamides is 1. The highest BCUT2D eigenvalue weighted by molar-refractivity contribution is 9.10. The number of benzene rings is 4. The zero-order valence-corrected chi connectivity index (χ0v) is 28.7. The molecule has 7 nitrogen and oxygen atoms in total. The van der Waals surface area contributed by atoms with Crippen LogP contribution in [-0.4, -0.2) is 43.8 Å². The number of carbonyl (C=O) groups is 2. The maximum absolute atomic E-state index is 14.6. The van der Waals surface area contributed by atoms with Gasteiger partial charge in [0.1, 0.15) is 12.6 Å². The summed E-state index contributed by atoms with van der Waals surface area (Å²) >= 11 is 6.97. The van der Waals surface area contributed by atoms with E-state index in [1.807, 2.05) is 54.6 Å². The van der Waals surface area contributed by atoms with E-state index < -0.39 is 28.5 Å². The van der Waals surface area contributed by atoms with Crippen molar-refractivity contribution in [2.24, 2.45) is 0 Å². The molecule has 1 aliphatic rings. The fraction of sp³-hybridized carbons (Fsp3) is 0.257. The fourth-order valence-corrected chi connectivity index (χ4v) is 7.89. The third-order valence-electron chi connectivity index (χ3n) is 7.92. The van der Waals surface area contributed by atoms with Gasteiger partial charge in [0.15, 0.2) is 0 Å². The lowest BCUT2D eigenvalue weighted by Crippen LogP contribution is -2.54. The van der Waals surface area contributed by atoms with Gasteiger partial charge in [0.05, 0.1) is 10.6 Å². The number of hydrogen-bond acceptors (Lipinski definition) is 4. The van der Waals surface area contributed by atoms with E-state index in [1.54, 1.807) is 42.5 Å². The molecule has 4 aromatic rings. The van der Waals surface area contributed by atoms with Gasteiger partial charge < -0.3 is 10.2 Å². The normalized spacial score (nSPS) is 14.1. The topological polar surface area (TPSA) is 86.8 Å². The Morgan fingerprint density at radius 1 is 0.778 bits per heavy atom. The van der Waals surface area contributed by atoms with Gasteiger partial charge in [0, 0.05) is 28.0 Å². The highest BCUT2D eigenvalue weighted by atomic mass is 79.9. The number of hydrogen-bond donors (Lipinski definition) is 1. The summed E-state index contributed by atoms with van der Waals surface area (Å²) < 4.78 is 30.8. The Kier molecular flexibility index (Phi) is 11.1. The Morgan fingerprint density at radius 2 is 1.38 bits per heavy atom. The molecular weight excluding hydrogens is 718 g/mol. The maximum Gasteiger partial charge on any atom is 0.264 e. The van der Waals surface area contributed by atoms with Crippen molar-refractivity contribution >= 4 is 59.4 Å². The average molecular weight is 754 g/mol. The van der Waals surface area contributed by atoms with Crippen molar-refractivity contribution in [3.05, 3.63) is 129 Å². The van der Waals surface area contributed by atoms with Gasteiger partial charge in [-0.25, -0.2) is 8.42 Å². The van der Waals surface area contributed by atoms with Crippen LogP contribution in [0.1, 0.15) is 36.8 Å². The Balaban J connectivity index is 1.56. The standard InChI is InChI=1S/C35H35Br2N3O4S/c36-28-14-9-13-27(21-28)24-39(33(22-26-11-3-1-4-12-26)35(42)38-30-16-7-8-17-30)34(41)25-40(31-18-10-15-29(37)23-31)45(43,44)32-19-5-2-6-20-32/h1-6,9-15,18-21,23,30,33H,7-8,16-17,22,24-25H2,(H,38,42). The number of rotatable bonds is 12. The van der Waals surface area contributed by atoms with Gasteiger partial charge in [0.2, 0.25) is 11.8 Å². The summed E-state index contributed by atoms with van der Waals surface area (Å²) in [5.41, 5.74) is 2.04. The van der Waals surface area contributed by atoms with E-state index in [4.69, 9.17) is 0 Å². The van der Waals surface area contributed by atoms with Crippen molar-refractivity contribution in [2.45, 2.75) is 55.6 Å². The Labute approximate surface area is 281 Å². The molecule has 1 fully saturated rings. The predicted molar refractivity (Wildman–Crippen MR) is 184 cm³/mol. The summed E-state index contributed by atoms with van der Waals surface area (Å²) in [4.78, 5) is 30.2. The molecule has 0 spiro atoms. The number of anilines is 1. The van der Waals surface area contributed by atoms with Gasteiger partial charge in [-0.05, 0) is 66.4 Å². The molecular formula is C35H35Br2N3O4S. The minimum atomic E-state index is -4.15. The van der Waals surface area contributed by atoms with Gasteiger partial charge in [-0.15, -0.1) is 0 Å². The molecule has 234 valence electrons. The van der Waals surface area contributed by atoms with Crippen LogP contribution in [0.4, 0.5) is 5.69 Å². The average Bonchev–Trinajstić information content (AvgIpc) is 3.55. The quantitative estimate of drug-likeness (QED) is 0.167. The summed E-state index contributed by atoms with van der Waals surface area (Å²) in [6, 6.07) is 31.2. The second-order valence-corrected chi connectivity index (χ2v) is 14.8. The van der Waals surface area contributed by atoms with Crippen molar-refractivity contribution in [3.63, 3.8) is 0 Å². The minimum Gasteiger partial charge on any atom is -0.352 e. The molecule has 0 aliphatic heterocycles. The van der Waals surface area contributed by atoms with Crippen LogP contribution >= 0.6 is 31.9 Å². The minimum absolute atomic E-state index is 0.0511. The molecule has 1 N–H and O–H groups in total. The molecule has 0 saturated heterocycles. The molecule has 0 heterocycles. The van der Waals surface area contributed by atoms with Crippen LogP contribution in [0.2, 0.25) is 0 Å². The monoisotopic (exact) mass is 751 g/mol. The summed E-state index contributed by atoms with van der Waals surface area (Å²) in [6.45, 7) is -0.380. The molecule has 1 saturated carbocycles. The lowest BCUT2D eigenvalue weighted by Gasteiger charge is -2.34. The van der Waals surface area contributed by atoms with E-state index in [0.717, 1.165) is 45.6 Å². The number of amides is 2. The largest absolute Gasteiger partial charge is 0.352 e. The number of nitrogens with one attached hydrogen (secondary N) is 1. The van der Waals surface area contributed by atoms with E-state index >= 15 is 0 Å². The van der Waals surface area contributed by atoms with Gasteiger partial charge >= 0.3 is 0 Å². The van der Waals surface area contributed by atoms with E-state index in [-0.39, 0.29) is 29.8 Å². The maximum atomic E-state index is 14.6. The molecule has 0 radical (unpaired) electrons. The Hall–Kier alpha value is -3.47. The van der Waals surface area contributed by atoms with E-state index in [1.165, 1.54) is 17.0 Å². The fourth-order valence-electron chi connectivity index (χ4n) is 5.63. The van der Waals surface area contributed by atoms with Crippen molar-refractivity contribution in [1.29, 1.82) is 0 Å². The summed E-state index contributed by atoms with van der Waals surface area (Å²) in [5.74, 6) is -0.731. The number of halogens is 2. The van der Waals surface area contributed by atoms with Crippen LogP contribution < -0.4 is 9.62 Å². The van der Waals surface area contributed by atoms with Crippen LogP contribution in [0, 0.1) is 0 Å². The van der Waals surface area contributed by atoms with Crippen LogP contribution in [0.25, 0.3) is 0 Å². The van der Waals surface area contributed by atoms with E-state index in [9.17, 15) is 18.0 Å². The van der Waals surface area contributed by atoms with Gasteiger partial charge in [-0.3, -0.25) is 13.9 Å². The molecule has 1 unspecified atom stereocenters. The molecule has 5 rings (SSSR count). The van der Waals surface area contributed by atoms with Crippen LogP contribution in [0.3, 0.4) is 0 Å². The van der Waals surface area contributed by atoms with Crippen molar-refractivity contribution in [1.82, 2.24) is 10.2 Å². The molecule has 10 heteroatoms. The van der Waals surface area contributed by atoms with Crippen LogP contribution in [0.5, 0.6) is 0 Å². The van der Waals surface area contributed by atoms with E-state index in [2.05, 4.69) is 37.2 Å². The highest BCUT2D eigenvalue weighted by Crippen LogP contribution is 2.28. The summed E-state index contributed by atoms with van der Waals surface area (Å²) in [6.07, 6.45) is 4.17. The molecule has 4 aromatic carbocycles. The lowest BCUT2D eigenvalue weighted by molar-refractivity contribution is -0.140. The first-order valence-corrected chi connectivity index (χ1v) is 17.9. The second-order valence-electron chi connectivity index (χ2n) is 11.2. The first kappa shape index (κ1) is 32.9. The first-order chi connectivity index (χ1) is 21.7. The number of nitrogens with zero attached hydrogens (tertiary/aromatic N) is 2. The lowest BCUT2D eigenvalue weighted by atomic mass is 10.0. The number of carbonyl (C=O) groups excluding carboxylic acids is 2. The molecule has 1 atom stereocenters. The molecule has 0 bridgehead atoms. The summed E-state index contributed by atoms with van der Waals surface area (Å²) in [5, 5.41) is 3.20. The van der Waals surface area contributed by atoms with Crippen LogP contribution in [0.15, 0.2) is 123 Å². The molecule has 45 heavy (non-hydrogen) atoms.